The molecule has 1 fully saturated rings. The minimum Gasteiger partial charge on any atom is -0.335 e. The molecule has 1 heterocycles. The molecule has 5 nitrogen and oxygen atoms in total. The summed E-state index contributed by atoms with van der Waals surface area (Å²) in [6.45, 7) is 0.680. The Kier molecular flexibility index (Phi) is 4.38. The second-order valence-corrected chi connectivity index (χ2v) is 5.77. The maximum Gasteiger partial charge on any atom is 0.224 e. The van der Waals surface area contributed by atoms with E-state index in [-0.39, 0.29) is 24.3 Å². The minimum absolute atomic E-state index is 0.0164. The molecule has 7 heteroatoms. The van der Waals surface area contributed by atoms with Crippen molar-refractivity contribution in [3.05, 3.63) is 47.3 Å². The molecule has 0 radical (unpaired) electrons. The molecule has 1 amide bonds. The lowest BCUT2D eigenvalue weighted by molar-refractivity contribution is -0.132. The van der Waals surface area contributed by atoms with Gasteiger partial charge in [-0.3, -0.25) is 9.48 Å². The first-order valence-corrected chi connectivity index (χ1v) is 7.57. The Morgan fingerprint density at radius 1 is 1.45 bits per heavy atom. The fraction of sp³-hybridized carbons (Fsp3) is 0.400. The second kappa shape index (κ2) is 6.44. The Balaban J connectivity index is 1.68. The van der Waals surface area contributed by atoms with Crippen LogP contribution in [0.1, 0.15) is 24.8 Å². The van der Waals surface area contributed by atoms with Crippen LogP contribution >= 0.6 is 11.6 Å². The van der Waals surface area contributed by atoms with Crippen LogP contribution in [0.15, 0.2) is 30.9 Å². The van der Waals surface area contributed by atoms with Crippen LogP contribution in [-0.4, -0.2) is 31.6 Å². The molecule has 1 aromatic heterocycles. The van der Waals surface area contributed by atoms with Crippen LogP contribution in [0.4, 0.5) is 4.39 Å². The van der Waals surface area contributed by atoms with Gasteiger partial charge in [-0.15, -0.1) is 0 Å². The molecule has 3 rings (SSSR count). The predicted octanol–water partition coefficient (Wildman–Crippen LogP) is 2.65. The van der Waals surface area contributed by atoms with Crippen LogP contribution < -0.4 is 0 Å². The van der Waals surface area contributed by atoms with Gasteiger partial charge in [0.2, 0.25) is 5.91 Å². The van der Waals surface area contributed by atoms with E-state index in [4.69, 9.17) is 11.6 Å². The van der Waals surface area contributed by atoms with E-state index in [0.29, 0.717) is 23.6 Å². The fourth-order valence-electron chi connectivity index (χ4n) is 2.36. The van der Waals surface area contributed by atoms with Crippen LogP contribution in [0.3, 0.4) is 0 Å². The molecule has 1 aliphatic carbocycles. The van der Waals surface area contributed by atoms with Gasteiger partial charge in [-0.1, -0.05) is 17.7 Å². The summed E-state index contributed by atoms with van der Waals surface area (Å²) < 4.78 is 15.5. The van der Waals surface area contributed by atoms with Crippen LogP contribution in [0, 0.1) is 5.82 Å². The number of halogens is 2. The van der Waals surface area contributed by atoms with Crippen LogP contribution in [0.25, 0.3) is 0 Å². The maximum atomic E-state index is 13.9. The topological polar surface area (TPSA) is 51.0 Å². The van der Waals surface area contributed by atoms with Gasteiger partial charge in [0.25, 0.3) is 0 Å². The summed E-state index contributed by atoms with van der Waals surface area (Å²) >= 11 is 6.06. The van der Waals surface area contributed by atoms with Crippen molar-refractivity contribution in [3.8, 4) is 0 Å². The number of aromatic nitrogens is 3. The highest BCUT2D eigenvalue weighted by Crippen LogP contribution is 2.31. The summed E-state index contributed by atoms with van der Waals surface area (Å²) in [5, 5.41) is 4.33. The number of aryl methyl sites for hydroxylation is 1. The average Bonchev–Trinajstić information content (AvgIpc) is 3.20. The lowest BCUT2D eigenvalue weighted by Crippen LogP contribution is -2.33. The summed E-state index contributed by atoms with van der Waals surface area (Å²) in [7, 11) is 0. The molecule has 0 saturated heterocycles. The number of benzene rings is 1. The molecule has 0 aliphatic heterocycles. The lowest BCUT2D eigenvalue weighted by atomic mass is 10.2. The number of nitrogens with zero attached hydrogens (tertiary/aromatic N) is 4. The lowest BCUT2D eigenvalue weighted by Gasteiger charge is -2.23. The van der Waals surface area contributed by atoms with Gasteiger partial charge in [0, 0.05) is 23.0 Å². The molecule has 2 aromatic rings. The number of amides is 1. The Labute approximate surface area is 132 Å². The molecule has 1 aliphatic rings. The zero-order valence-electron chi connectivity index (χ0n) is 12.0. The number of carbonyl (C=O) groups is 1. The first-order valence-electron chi connectivity index (χ1n) is 7.20. The van der Waals surface area contributed by atoms with E-state index in [9.17, 15) is 9.18 Å². The molecule has 1 saturated carbocycles. The van der Waals surface area contributed by atoms with Gasteiger partial charge in [-0.05, 0) is 25.0 Å². The van der Waals surface area contributed by atoms with E-state index in [1.54, 1.807) is 28.0 Å². The van der Waals surface area contributed by atoms with E-state index in [0.717, 1.165) is 12.8 Å². The van der Waals surface area contributed by atoms with Crippen molar-refractivity contribution in [3.63, 3.8) is 0 Å². The van der Waals surface area contributed by atoms with Gasteiger partial charge >= 0.3 is 0 Å². The third kappa shape index (κ3) is 3.44. The zero-order valence-corrected chi connectivity index (χ0v) is 12.7. The maximum absolute atomic E-state index is 13.9. The molecule has 1 aromatic carbocycles. The Morgan fingerprint density at radius 2 is 2.27 bits per heavy atom. The molecular weight excluding hydrogens is 307 g/mol. The van der Waals surface area contributed by atoms with Crippen molar-refractivity contribution in [1.82, 2.24) is 19.7 Å². The quantitative estimate of drug-likeness (QED) is 0.821. The highest BCUT2D eigenvalue weighted by molar-refractivity contribution is 6.31. The second-order valence-electron chi connectivity index (χ2n) is 5.36. The molecule has 0 unspecified atom stereocenters. The zero-order chi connectivity index (χ0) is 15.5. The molecule has 0 bridgehead atoms. The van der Waals surface area contributed by atoms with Crippen molar-refractivity contribution in [1.29, 1.82) is 0 Å². The third-order valence-corrected chi connectivity index (χ3v) is 4.07. The number of rotatable bonds is 6. The smallest absolute Gasteiger partial charge is 0.224 e. The highest BCUT2D eigenvalue weighted by atomic mass is 35.5. The van der Waals surface area contributed by atoms with Crippen LogP contribution in [0.2, 0.25) is 5.02 Å². The summed E-state index contributed by atoms with van der Waals surface area (Å²) in [6.07, 6.45) is 5.24. The Hall–Kier alpha value is -1.95. The Morgan fingerprint density at radius 3 is 2.91 bits per heavy atom. The van der Waals surface area contributed by atoms with E-state index >= 15 is 0 Å². The SMILES string of the molecule is O=C(CCn1cncn1)N(Cc1c(F)cccc1Cl)C1CC1. The number of carbonyl (C=O) groups excluding carboxylic acids is 1. The standard InChI is InChI=1S/C15H16ClFN4O/c16-13-2-1-3-14(17)12(13)8-21(11-4-5-11)15(22)6-7-20-10-18-9-19-20/h1-3,9-11H,4-8H2. The van der Waals surface area contributed by atoms with Gasteiger partial charge in [0.1, 0.15) is 18.5 Å². The molecule has 0 atom stereocenters. The van der Waals surface area contributed by atoms with Gasteiger partial charge in [0.15, 0.2) is 0 Å². The van der Waals surface area contributed by atoms with Gasteiger partial charge in [-0.25, -0.2) is 9.37 Å². The molecule has 0 N–H and O–H groups in total. The predicted molar refractivity (Wildman–Crippen MR) is 79.6 cm³/mol. The van der Waals surface area contributed by atoms with Crippen molar-refractivity contribution >= 4 is 17.5 Å². The highest BCUT2D eigenvalue weighted by Gasteiger charge is 2.33. The van der Waals surface area contributed by atoms with E-state index in [1.165, 1.54) is 12.4 Å². The Bertz CT molecular complexity index is 637. The first-order chi connectivity index (χ1) is 10.6. The van der Waals surface area contributed by atoms with Crippen molar-refractivity contribution < 1.29 is 9.18 Å². The largest absolute Gasteiger partial charge is 0.335 e. The summed E-state index contributed by atoms with van der Waals surface area (Å²) in [6, 6.07) is 4.77. The van der Waals surface area contributed by atoms with Crippen molar-refractivity contribution in [2.75, 3.05) is 0 Å². The van der Waals surface area contributed by atoms with Gasteiger partial charge in [0.05, 0.1) is 13.1 Å². The van der Waals surface area contributed by atoms with Gasteiger partial charge in [-0.2, -0.15) is 5.10 Å². The van der Waals surface area contributed by atoms with Gasteiger partial charge < -0.3 is 4.90 Å². The minimum atomic E-state index is -0.373. The van der Waals surface area contributed by atoms with E-state index < -0.39 is 0 Å². The summed E-state index contributed by atoms with van der Waals surface area (Å²) in [5.74, 6) is -0.389. The number of hydrogen-bond acceptors (Lipinski definition) is 3. The molecule has 22 heavy (non-hydrogen) atoms. The third-order valence-electron chi connectivity index (χ3n) is 3.72. The molecule has 116 valence electrons. The normalized spacial score (nSPS) is 14.1. The first kappa shape index (κ1) is 15.0. The van der Waals surface area contributed by atoms with E-state index in [1.807, 2.05) is 0 Å². The monoisotopic (exact) mass is 322 g/mol. The summed E-state index contributed by atoms with van der Waals surface area (Å²) in [5.41, 5.74) is 0.380. The summed E-state index contributed by atoms with van der Waals surface area (Å²) in [4.78, 5) is 18.0. The molecular formula is C15H16ClFN4O. The van der Waals surface area contributed by atoms with E-state index in [2.05, 4.69) is 10.1 Å². The van der Waals surface area contributed by atoms with Crippen LogP contribution in [0.5, 0.6) is 0 Å². The van der Waals surface area contributed by atoms with Crippen LogP contribution in [-0.2, 0) is 17.9 Å². The average molecular weight is 323 g/mol. The fourth-order valence-corrected chi connectivity index (χ4v) is 2.59. The van der Waals surface area contributed by atoms with Crippen molar-refractivity contribution in [2.45, 2.75) is 38.4 Å². The number of hydrogen-bond donors (Lipinski definition) is 0. The van der Waals surface area contributed by atoms with Crippen molar-refractivity contribution in [2.24, 2.45) is 0 Å². The molecule has 0 spiro atoms.